The van der Waals surface area contributed by atoms with Crippen LogP contribution in [0.15, 0.2) is 16.5 Å². The van der Waals surface area contributed by atoms with Crippen molar-refractivity contribution in [2.45, 2.75) is 52.6 Å². The van der Waals surface area contributed by atoms with Crippen LogP contribution in [0.2, 0.25) is 0 Å². The second-order valence-corrected chi connectivity index (χ2v) is 5.45. The number of nitrogens with one attached hydrogen (secondary N) is 2. The molecular formula is C14H24N2O2. The number of carbonyl (C=O) groups excluding carboxylic acids is 1. The average molecular weight is 252 g/mol. The third kappa shape index (κ3) is 5.87. The molecule has 2 N–H and O–H groups in total. The van der Waals surface area contributed by atoms with Crippen LogP contribution in [0.4, 0.5) is 0 Å². The summed E-state index contributed by atoms with van der Waals surface area (Å²) in [5.74, 6) is 1.99. The Balaban J connectivity index is 2.17. The van der Waals surface area contributed by atoms with Crippen LogP contribution in [0.3, 0.4) is 0 Å². The van der Waals surface area contributed by atoms with E-state index >= 15 is 0 Å². The van der Waals surface area contributed by atoms with Crippen molar-refractivity contribution in [3.8, 4) is 0 Å². The van der Waals surface area contributed by atoms with Crippen LogP contribution >= 0.6 is 0 Å². The largest absolute Gasteiger partial charge is 0.465 e. The number of aryl methyl sites for hydroxylation is 1. The summed E-state index contributed by atoms with van der Waals surface area (Å²) in [7, 11) is 0. The third-order valence-corrected chi connectivity index (χ3v) is 2.41. The van der Waals surface area contributed by atoms with Gasteiger partial charge < -0.3 is 15.1 Å². The van der Waals surface area contributed by atoms with Gasteiger partial charge in [0.15, 0.2) is 0 Å². The number of amides is 1. The van der Waals surface area contributed by atoms with Crippen LogP contribution in [-0.4, -0.2) is 18.0 Å². The maximum Gasteiger partial charge on any atom is 0.221 e. The summed E-state index contributed by atoms with van der Waals surface area (Å²) < 4.78 is 5.56. The summed E-state index contributed by atoms with van der Waals surface area (Å²) in [6.45, 7) is 9.33. The molecule has 0 unspecified atom stereocenters. The first-order chi connectivity index (χ1) is 8.40. The van der Waals surface area contributed by atoms with Gasteiger partial charge in [-0.15, -0.1) is 0 Å². The Hall–Kier alpha value is -1.29. The molecule has 4 heteroatoms. The van der Waals surface area contributed by atoms with E-state index in [0.29, 0.717) is 19.5 Å². The quantitative estimate of drug-likeness (QED) is 0.763. The zero-order chi connectivity index (χ0) is 13.6. The van der Waals surface area contributed by atoms with Gasteiger partial charge in [-0.05, 0) is 32.9 Å². The number of carbonyl (C=O) groups is 1. The van der Waals surface area contributed by atoms with Crippen LogP contribution in [0.5, 0.6) is 0 Å². The Morgan fingerprint density at radius 2 is 1.94 bits per heavy atom. The van der Waals surface area contributed by atoms with Crippen LogP contribution < -0.4 is 10.6 Å². The first kappa shape index (κ1) is 14.8. The maximum absolute atomic E-state index is 11.5. The topological polar surface area (TPSA) is 54.3 Å². The van der Waals surface area contributed by atoms with Crippen LogP contribution in [-0.2, 0) is 17.8 Å². The number of hydrogen-bond donors (Lipinski definition) is 2. The van der Waals surface area contributed by atoms with Gasteiger partial charge in [0.25, 0.3) is 0 Å². The minimum atomic E-state index is -0.159. The van der Waals surface area contributed by atoms with E-state index in [2.05, 4.69) is 17.6 Å². The van der Waals surface area contributed by atoms with E-state index in [0.717, 1.165) is 17.9 Å². The molecule has 0 aromatic carbocycles. The highest BCUT2D eigenvalue weighted by molar-refractivity contribution is 5.76. The fourth-order valence-electron chi connectivity index (χ4n) is 1.60. The predicted octanol–water partition coefficient (Wildman–Crippen LogP) is 2.24. The highest BCUT2D eigenvalue weighted by Crippen LogP contribution is 2.07. The van der Waals surface area contributed by atoms with Crippen molar-refractivity contribution in [1.29, 1.82) is 0 Å². The van der Waals surface area contributed by atoms with Gasteiger partial charge in [-0.1, -0.05) is 6.92 Å². The van der Waals surface area contributed by atoms with Crippen molar-refractivity contribution in [2.24, 2.45) is 0 Å². The molecule has 1 heterocycles. The van der Waals surface area contributed by atoms with Crippen molar-refractivity contribution >= 4 is 5.91 Å². The first-order valence-corrected chi connectivity index (χ1v) is 6.50. The zero-order valence-electron chi connectivity index (χ0n) is 11.8. The monoisotopic (exact) mass is 252 g/mol. The molecule has 0 aliphatic carbocycles. The van der Waals surface area contributed by atoms with E-state index in [4.69, 9.17) is 4.42 Å². The lowest BCUT2D eigenvalue weighted by atomic mass is 10.1. The van der Waals surface area contributed by atoms with Gasteiger partial charge >= 0.3 is 0 Å². The molecule has 0 spiro atoms. The smallest absolute Gasteiger partial charge is 0.221 e. The van der Waals surface area contributed by atoms with E-state index in [1.165, 1.54) is 0 Å². The Morgan fingerprint density at radius 3 is 2.50 bits per heavy atom. The fourth-order valence-corrected chi connectivity index (χ4v) is 1.60. The van der Waals surface area contributed by atoms with E-state index in [-0.39, 0.29) is 11.4 Å². The highest BCUT2D eigenvalue weighted by atomic mass is 16.3. The second-order valence-electron chi connectivity index (χ2n) is 5.45. The summed E-state index contributed by atoms with van der Waals surface area (Å²) in [5.41, 5.74) is -0.159. The van der Waals surface area contributed by atoms with Gasteiger partial charge in [0.2, 0.25) is 5.91 Å². The molecule has 0 radical (unpaired) electrons. The molecule has 0 atom stereocenters. The third-order valence-electron chi connectivity index (χ3n) is 2.41. The standard InChI is InChI=1S/C14H24N2O2/c1-5-11-6-7-12(18-11)10-15-9-8-13(17)16-14(2,3)4/h6-7,15H,5,8-10H2,1-4H3,(H,16,17). The molecule has 0 aliphatic rings. The summed E-state index contributed by atoms with van der Waals surface area (Å²) in [5, 5.41) is 6.13. The minimum Gasteiger partial charge on any atom is -0.465 e. The van der Waals surface area contributed by atoms with Crippen molar-refractivity contribution in [2.75, 3.05) is 6.54 Å². The lowest BCUT2D eigenvalue weighted by molar-refractivity contribution is -0.122. The zero-order valence-corrected chi connectivity index (χ0v) is 11.8. The van der Waals surface area contributed by atoms with E-state index in [1.54, 1.807) is 0 Å². The lowest BCUT2D eigenvalue weighted by Gasteiger charge is -2.20. The molecule has 1 aromatic rings. The molecule has 0 aliphatic heterocycles. The molecular weight excluding hydrogens is 228 g/mol. The summed E-state index contributed by atoms with van der Waals surface area (Å²) >= 11 is 0. The number of furan rings is 1. The van der Waals surface area contributed by atoms with Gasteiger partial charge in [0, 0.05) is 24.9 Å². The summed E-state index contributed by atoms with van der Waals surface area (Å²) in [4.78, 5) is 11.5. The molecule has 4 nitrogen and oxygen atoms in total. The normalized spacial score (nSPS) is 11.6. The van der Waals surface area contributed by atoms with Gasteiger partial charge in [-0.25, -0.2) is 0 Å². The molecule has 0 saturated carbocycles. The Kier molecular flexibility index (Phi) is 5.41. The van der Waals surface area contributed by atoms with E-state index in [1.807, 2.05) is 32.9 Å². The van der Waals surface area contributed by atoms with E-state index in [9.17, 15) is 4.79 Å². The molecule has 1 aromatic heterocycles. The molecule has 0 fully saturated rings. The summed E-state index contributed by atoms with van der Waals surface area (Å²) in [6, 6.07) is 3.96. The minimum absolute atomic E-state index is 0.0729. The van der Waals surface area contributed by atoms with E-state index < -0.39 is 0 Å². The van der Waals surface area contributed by atoms with Crippen molar-refractivity contribution < 1.29 is 9.21 Å². The SMILES string of the molecule is CCc1ccc(CNCCC(=O)NC(C)(C)C)o1. The molecule has 0 bridgehead atoms. The number of hydrogen-bond acceptors (Lipinski definition) is 3. The lowest BCUT2D eigenvalue weighted by Crippen LogP contribution is -2.41. The number of rotatable bonds is 6. The molecule has 102 valence electrons. The molecule has 1 rings (SSSR count). The van der Waals surface area contributed by atoms with Crippen LogP contribution in [0, 0.1) is 0 Å². The van der Waals surface area contributed by atoms with Gasteiger partial charge in [0.05, 0.1) is 6.54 Å². The predicted molar refractivity (Wildman–Crippen MR) is 72.3 cm³/mol. The maximum atomic E-state index is 11.5. The van der Waals surface area contributed by atoms with Gasteiger partial charge in [0.1, 0.15) is 11.5 Å². The first-order valence-electron chi connectivity index (χ1n) is 6.50. The van der Waals surface area contributed by atoms with Crippen LogP contribution in [0.25, 0.3) is 0 Å². The van der Waals surface area contributed by atoms with Crippen molar-refractivity contribution in [1.82, 2.24) is 10.6 Å². The molecule has 1 amide bonds. The van der Waals surface area contributed by atoms with Crippen molar-refractivity contribution in [3.05, 3.63) is 23.7 Å². The molecule has 0 saturated heterocycles. The van der Waals surface area contributed by atoms with Crippen molar-refractivity contribution in [3.63, 3.8) is 0 Å². The summed E-state index contributed by atoms with van der Waals surface area (Å²) in [6.07, 6.45) is 1.40. The average Bonchev–Trinajstić information content (AvgIpc) is 2.70. The van der Waals surface area contributed by atoms with Gasteiger partial charge in [-0.3, -0.25) is 4.79 Å². The van der Waals surface area contributed by atoms with Crippen LogP contribution in [0.1, 0.15) is 45.6 Å². The Bertz CT molecular complexity index is 377. The van der Waals surface area contributed by atoms with Gasteiger partial charge in [-0.2, -0.15) is 0 Å². The Morgan fingerprint density at radius 1 is 1.28 bits per heavy atom. The molecule has 18 heavy (non-hydrogen) atoms. The second kappa shape index (κ2) is 6.59. The Labute approximate surface area is 109 Å². The fraction of sp³-hybridized carbons (Fsp3) is 0.643. The highest BCUT2D eigenvalue weighted by Gasteiger charge is 2.12.